The highest BCUT2D eigenvalue weighted by Crippen LogP contribution is 2.33. The van der Waals surface area contributed by atoms with Crippen LogP contribution in [0, 0.1) is 0 Å². The largest absolute Gasteiger partial charge is 0.366 e. The Morgan fingerprint density at radius 2 is 1.60 bits per heavy atom. The maximum atomic E-state index is 11.2. The Morgan fingerprint density at radius 3 is 2.03 bits per heavy atom. The molecule has 210 valence electrons. The Hall–Kier alpha value is -1.63. The monoisotopic (exact) mass is 510 g/mol. The van der Waals surface area contributed by atoms with E-state index in [1.807, 2.05) is 41.5 Å². The number of ether oxygens (including phenoxy) is 3. The number of carbonyl (C=O) groups is 3. The third kappa shape index (κ3) is 23.9. The molecule has 2 aliphatic rings. The summed E-state index contributed by atoms with van der Waals surface area (Å²) in [7, 11) is 4.78. The molecule has 11 nitrogen and oxygen atoms in total. The minimum Gasteiger partial charge on any atom is -0.366 e. The van der Waals surface area contributed by atoms with Crippen LogP contribution in [0.1, 0.15) is 81.1 Å². The number of nitrogens with zero attached hydrogens (tertiary/aromatic N) is 2. The first kappa shape index (κ1) is 37.9. The van der Waals surface area contributed by atoms with Gasteiger partial charge in [0.25, 0.3) is 5.91 Å². The maximum absolute atomic E-state index is 11.2. The van der Waals surface area contributed by atoms with Crippen LogP contribution in [0.4, 0.5) is 0 Å². The lowest BCUT2D eigenvalue weighted by Crippen LogP contribution is -2.33. The number of amides is 1. The van der Waals surface area contributed by atoms with Gasteiger partial charge < -0.3 is 34.1 Å². The second-order valence-corrected chi connectivity index (χ2v) is 8.35. The SMILES string of the molecule is CC.CC.CC(C)(O)O.CC1(C)OC2CCCOC2O1.CN(C)CC(=O)ON(C)C(=O)CCC=O. The van der Waals surface area contributed by atoms with E-state index in [9.17, 15) is 14.4 Å². The van der Waals surface area contributed by atoms with Crippen molar-refractivity contribution in [1.29, 1.82) is 0 Å². The molecule has 2 unspecified atom stereocenters. The molecule has 0 aromatic heterocycles. The summed E-state index contributed by atoms with van der Waals surface area (Å²) in [6.07, 6.45) is 3.03. The Bertz CT molecular complexity index is 542. The van der Waals surface area contributed by atoms with Crippen LogP contribution in [0.15, 0.2) is 0 Å². The lowest BCUT2D eigenvalue weighted by atomic mass is 10.1. The lowest BCUT2D eigenvalue weighted by molar-refractivity contribution is -0.193. The highest BCUT2D eigenvalue weighted by atomic mass is 16.8. The molecule has 0 radical (unpaired) electrons. The van der Waals surface area contributed by atoms with Gasteiger partial charge in [0.2, 0.25) is 0 Å². The molecule has 2 saturated heterocycles. The second kappa shape index (κ2) is 20.6. The van der Waals surface area contributed by atoms with Crippen LogP contribution in [-0.2, 0) is 33.4 Å². The van der Waals surface area contributed by atoms with Gasteiger partial charge in [-0.05, 0) is 54.6 Å². The number of rotatable bonds is 5. The molecule has 0 bridgehead atoms. The summed E-state index contributed by atoms with van der Waals surface area (Å²) in [5.41, 5.74) is 0. The number of hydrogen-bond acceptors (Lipinski definition) is 10. The van der Waals surface area contributed by atoms with Gasteiger partial charge in [0, 0.05) is 26.5 Å². The van der Waals surface area contributed by atoms with Crippen molar-refractivity contribution in [2.24, 2.45) is 0 Å². The standard InChI is InChI=1S/C9H16N2O4.C8H14O3.C3H8O2.2C2H6/c1-10(2)7-9(14)15-11(3)8(13)5-4-6-12;1-8(2)10-6-4-3-5-9-7(6)11-8;1-3(2,4)5;2*1-2/h6H,4-5,7H2,1-3H3;6-7H,3-5H2,1-2H3;4-5H,1-2H3;2*1-2H3. The average molecular weight is 511 g/mol. The molecule has 35 heavy (non-hydrogen) atoms. The zero-order valence-electron chi connectivity index (χ0n) is 23.6. The highest BCUT2D eigenvalue weighted by molar-refractivity contribution is 5.79. The Morgan fingerprint density at radius 1 is 1.09 bits per heavy atom. The molecule has 11 heteroatoms. The fraction of sp³-hybridized carbons (Fsp3) is 0.875. The van der Waals surface area contributed by atoms with Crippen molar-refractivity contribution in [3.63, 3.8) is 0 Å². The molecule has 0 aromatic carbocycles. The van der Waals surface area contributed by atoms with Crippen LogP contribution in [0.25, 0.3) is 0 Å². The first-order valence-corrected chi connectivity index (χ1v) is 12.1. The van der Waals surface area contributed by atoms with Gasteiger partial charge in [0.15, 0.2) is 17.9 Å². The molecule has 2 fully saturated rings. The fourth-order valence-electron chi connectivity index (χ4n) is 2.45. The normalized spacial score (nSPS) is 19.5. The van der Waals surface area contributed by atoms with Crippen molar-refractivity contribution in [2.45, 2.75) is 105 Å². The summed E-state index contributed by atoms with van der Waals surface area (Å²) >= 11 is 0. The van der Waals surface area contributed by atoms with Gasteiger partial charge in [-0.3, -0.25) is 9.69 Å². The third-order valence-corrected chi connectivity index (χ3v) is 3.57. The smallest absolute Gasteiger partial charge is 0.346 e. The molecule has 0 spiro atoms. The summed E-state index contributed by atoms with van der Waals surface area (Å²) in [6.45, 7) is 15.4. The number of aliphatic hydroxyl groups is 2. The first-order chi connectivity index (χ1) is 16.1. The van der Waals surface area contributed by atoms with E-state index in [0.29, 0.717) is 6.29 Å². The van der Waals surface area contributed by atoms with Gasteiger partial charge in [-0.1, -0.05) is 27.7 Å². The average Bonchev–Trinajstić information content (AvgIpc) is 3.07. The Kier molecular flexibility index (Phi) is 22.3. The van der Waals surface area contributed by atoms with Gasteiger partial charge in [0.05, 0.1) is 6.54 Å². The topological polar surface area (TPSA) is 135 Å². The number of hydrogen-bond donors (Lipinski definition) is 2. The van der Waals surface area contributed by atoms with Gasteiger partial charge >= 0.3 is 5.97 Å². The van der Waals surface area contributed by atoms with E-state index in [0.717, 1.165) is 24.5 Å². The van der Waals surface area contributed by atoms with E-state index < -0.39 is 23.5 Å². The van der Waals surface area contributed by atoms with Crippen molar-refractivity contribution in [1.82, 2.24) is 9.96 Å². The van der Waals surface area contributed by atoms with E-state index in [2.05, 4.69) is 0 Å². The van der Waals surface area contributed by atoms with Crippen molar-refractivity contribution in [3.05, 3.63) is 0 Å². The van der Waals surface area contributed by atoms with Crippen LogP contribution in [0.2, 0.25) is 0 Å². The minimum atomic E-state index is -1.50. The predicted molar refractivity (Wildman–Crippen MR) is 133 cm³/mol. The van der Waals surface area contributed by atoms with E-state index in [1.54, 1.807) is 19.0 Å². The van der Waals surface area contributed by atoms with Crippen molar-refractivity contribution < 1.29 is 43.6 Å². The molecule has 2 heterocycles. The van der Waals surface area contributed by atoms with Crippen LogP contribution in [0.5, 0.6) is 0 Å². The number of aldehydes is 1. The zero-order chi connectivity index (χ0) is 28.2. The van der Waals surface area contributed by atoms with Gasteiger partial charge in [-0.2, -0.15) is 5.06 Å². The van der Waals surface area contributed by atoms with Crippen LogP contribution < -0.4 is 0 Å². The number of fused-ring (bicyclic) bond motifs is 1. The molecule has 2 N–H and O–H groups in total. The minimum absolute atomic E-state index is 0.0508. The van der Waals surface area contributed by atoms with Crippen molar-refractivity contribution in [2.75, 3.05) is 34.3 Å². The molecule has 1 amide bonds. The Labute approximate surface area is 211 Å². The van der Waals surface area contributed by atoms with Crippen molar-refractivity contribution in [3.8, 4) is 0 Å². The molecule has 2 atom stereocenters. The third-order valence-electron chi connectivity index (χ3n) is 3.57. The summed E-state index contributed by atoms with van der Waals surface area (Å²) in [6, 6.07) is 0. The van der Waals surface area contributed by atoms with E-state index in [1.165, 1.54) is 20.9 Å². The summed E-state index contributed by atoms with van der Waals surface area (Å²) in [5, 5.41) is 17.0. The number of likely N-dealkylation sites (N-methyl/N-ethyl adjacent to an activating group) is 1. The van der Waals surface area contributed by atoms with Gasteiger partial charge in [0.1, 0.15) is 12.4 Å². The number of hydroxylamine groups is 2. The second-order valence-electron chi connectivity index (χ2n) is 8.35. The molecule has 2 aliphatic heterocycles. The molecular weight excluding hydrogens is 460 g/mol. The fourth-order valence-corrected chi connectivity index (χ4v) is 2.45. The van der Waals surface area contributed by atoms with E-state index in [-0.39, 0.29) is 31.8 Å². The van der Waals surface area contributed by atoms with Crippen LogP contribution in [-0.4, -0.2) is 96.6 Å². The van der Waals surface area contributed by atoms with Crippen LogP contribution >= 0.6 is 0 Å². The van der Waals surface area contributed by atoms with E-state index in [4.69, 9.17) is 29.3 Å². The molecule has 0 saturated carbocycles. The van der Waals surface area contributed by atoms with Gasteiger partial charge in [-0.25, -0.2) is 4.79 Å². The number of carbonyl (C=O) groups excluding carboxylic acids is 3. The zero-order valence-corrected chi connectivity index (χ0v) is 23.6. The predicted octanol–water partition coefficient (Wildman–Crippen LogP) is 2.48. The first-order valence-electron chi connectivity index (χ1n) is 12.1. The van der Waals surface area contributed by atoms with Gasteiger partial charge in [-0.15, -0.1) is 0 Å². The molecule has 0 aromatic rings. The molecule has 2 rings (SSSR count). The summed E-state index contributed by atoms with van der Waals surface area (Å²) < 4.78 is 16.5. The maximum Gasteiger partial charge on any atom is 0.346 e. The Balaban J connectivity index is -0.000000446. The van der Waals surface area contributed by atoms with Crippen molar-refractivity contribution >= 4 is 18.2 Å². The van der Waals surface area contributed by atoms with Crippen LogP contribution in [0.3, 0.4) is 0 Å². The highest BCUT2D eigenvalue weighted by Gasteiger charge is 2.43. The summed E-state index contributed by atoms with van der Waals surface area (Å²) in [4.78, 5) is 38.7. The molecule has 0 aliphatic carbocycles. The summed E-state index contributed by atoms with van der Waals surface area (Å²) in [5.74, 6) is -2.85. The van der Waals surface area contributed by atoms with E-state index >= 15 is 0 Å². The lowest BCUT2D eigenvalue weighted by Gasteiger charge is -2.21. The molecular formula is C24H50N2O9. The quantitative estimate of drug-likeness (QED) is 0.322.